The van der Waals surface area contributed by atoms with E-state index in [1.807, 2.05) is 6.92 Å². The Morgan fingerprint density at radius 3 is 2.68 bits per heavy atom. The van der Waals surface area contributed by atoms with E-state index >= 15 is 0 Å². The summed E-state index contributed by atoms with van der Waals surface area (Å²) >= 11 is 12.2. The molecule has 1 aromatic rings. The van der Waals surface area contributed by atoms with Crippen molar-refractivity contribution in [1.82, 2.24) is 5.06 Å². The van der Waals surface area contributed by atoms with Crippen molar-refractivity contribution < 1.29 is 9.63 Å². The third-order valence-corrected chi connectivity index (χ3v) is 3.56. The lowest BCUT2D eigenvalue weighted by Gasteiger charge is -2.38. The van der Waals surface area contributed by atoms with Gasteiger partial charge in [0, 0.05) is 18.2 Å². The molecule has 0 spiro atoms. The number of rotatable bonds is 1. The molecule has 0 aromatic heterocycles. The van der Waals surface area contributed by atoms with Gasteiger partial charge in [-0.3, -0.25) is 10.5 Å². The van der Waals surface area contributed by atoms with Crippen LogP contribution >= 0.6 is 35.6 Å². The Morgan fingerprint density at radius 1 is 1.47 bits per heavy atom. The van der Waals surface area contributed by atoms with Gasteiger partial charge in [0.15, 0.2) is 6.29 Å². The summed E-state index contributed by atoms with van der Waals surface area (Å²) in [6.07, 6.45) is -0.631. The van der Waals surface area contributed by atoms with Gasteiger partial charge in [-0.15, -0.1) is 12.4 Å². The van der Waals surface area contributed by atoms with Crippen LogP contribution in [0.2, 0.25) is 10.0 Å². The van der Waals surface area contributed by atoms with E-state index in [9.17, 15) is 4.79 Å². The van der Waals surface area contributed by atoms with Crippen molar-refractivity contribution >= 4 is 47.3 Å². The third kappa shape index (κ3) is 3.07. The van der Waals surface area contributed by atoms with Crippen LogP contribution in [-0.4, -0.2) is 17.3 Å². The standard InChI is InChI=1S/C11H13Cl2N3O2.ClH/c1-5-9-8(4-3-7(12)10(9)13)15-11(14)16(5)18-6(2)17;/h3-5,11,15H,14H2,1-2H3;1H. The van der Waals surface area contributed by atoms with Crippen molar-refractivity contribution in [3.05, 3.63) is 27.7 Å². The monoisotopic (exact) mass is 325 g/mol. The molecule has 0 saturated heterocycles. The van der Waals surface area contributed by atoms with Gasteiger partial charge in [0.25, 0.3) is 0 Å². The molecular formula is C11H14Cl3N3O2. The predicted octanol–water partition coefficient (Wildman–Crippen LogP) is 2.92. The summed E-state index contributed by atoms with van der Waals surface area (Å²) in [5.41, 5.74) is 7.42. The number of hydrogen-bond acceptors (Lipinski definition) is 5. The van der Waals surface area contributed by atoms with E-state index in [2.05, 4.69) is 5.32 Å². The second-order valence-electron chi connectivity index (χ2n) is 4.03. The number of anilines is 1. The maximum Gasteiger partial charge on any atom is 0.322 e. The first-order valence-corrected chi connectivity index (χ1v) is 6.14. The van der Waals surface area contributed by atoms with Gasteiger partial charge in [-0.1, -0.05) is 28.3 Å². The minimum absolute atomic E-state index is 0. The first kappa shape index (κ1) is 16.3. The number of halogens is 3. The molecule has 2 rings (SSSR count). The fourth-order valence-electron chi connectivity index (χ4n) is 1.98. The molecular weight excluding hydrogens is 312 g/mol. The van der Waals surface area contributed by atoms with Gasteiger partial charge >= 0.3 is 5.97 Å². The quantitative estimate of drug-likeness (QED) is 0.830. The zero-order chi connectivity index (χ0) is 13.4. The highest BCUT2D eigenvalue weighted by Crippen LogP contribution is 2.41. The Kier molecular flexibility index (Phi) is 5.29. The second-order valence-corrected chi connectivity index (χ2v) is 4.82. The van der Waals surface area contributed by atoms with E-state index in [-0.39, 0.29) is 18.4 Å². The molecule has 5 nitrogen and oxygen atoms in total. The molecule has 0 aliphatic carbocycles. The maximum atomic E-state index is 11.1. The lowest BCUT2D eigenvalue weighted by atomic mass is 10.0. The molecule has 0 radical (unpaired) electrons. The highest BCUT2D eigenvalue weighted by molar-refractivity contribution is 6.42. The molecule has 3 N–H and O–H groups in total. The van der Waals surface area contributed by atoms with Crippen LogP contribution in [-0.2, 0) is 9.63 Å². The van der Waals surface area contributed by atoms with Crippen LogP contribution in [0.4, 0.5) is 5.69 Å². The maximum absolute atomic E-state index is 11.1. The molecule has 1 aliphatic heterocycles. The Labute approximate surface area is 127 Å². The summed E-state index contributed by atoms with van der Waals surface area (Å²) < 4.78 is 0. The van der Waals surface area contributed by atoms with Gasteiger partial charge in [-0.05, 0) is 19.1 Å². The fraction of sp³-hybridized carbons (Fsp3) is 0.364. The van der Waals surface area contributed by atoms with E-state index in [1.54, 1.807) is 12.1 Å². The number of nitrogens with zero attached hydrogens (tertiary/aromatic N) is 1. The molecule has 1 aromatic carbocycles. The van der Waals surface area contributed by atoms with E-state index in [0.29, 0.717) is 10.0 Å². The minimum Gasteiger partial charge on any atom is -0.364 e. The molecule has 2 unspecified atom stereocenters. The SMILES string of the molecule is CC(=O)ON1C(N)Nc2ccc(Cl)c(Cl)c2C1C.Cl. The van der Waals surface area contributed by atoms with Crippen molar-refractivity contribution in [3.8, 4) is 0 Å². The van der Waals surface area contributed by atoms with Gasteiger partial charge in [-0.2, -0.15) is 0 Å². The average molecular weight is 327 g/mol. The minimum atomic E-state index is -0.631. The number of fused-ring (bicyclic) bond motifs is 1. The second kappa shape index (κ2) is 6.15. The van der Waals surface area contributed by atoms with Gasteiger partial charge < -0.3 is 10.2 Å². The molecule has 8 heteroatoms. The van der Waals surface area contributed by atoms with Crippen molar-refractivity contribution in [2.24, 2.45) is 5.73 Å². The fourth-order valence-corrected chi connectivity index (χ4v) is 2.46. The zero-order valence-corrected chi connectivity index (χ0v) is 12.6. The number of nitrogens with two attached hydrogens (primary N) is 1. The summed E-state index contributed by atoms with van der Waals surface area (Å²) in [6, 6.07) is 3.20. The van der Waals surface area contributed by atoms with E-state index in [0.717, 1.165) is 11.3 Å². The summed E-state index contributed by atoms with van der Waals surface area (Å²) in [5, 5.41) is 5.23. The van der Waals surface area contributed by atoms with Gasteiger partial charge in [-0.25, -0.2) is 0 Å². The van der Waals surface area contributed by atoms with Gasteiger partial charge in [0.2, 0.25) is 0 Å². The predicted molar refractivity (Wildman–Crippen MR) is 77.3 cm³/mol. The van der Waals surface area contributed by atoms with Crippen LogP contribution < -0.4 is 11.1 Å². The topological polar surface area (TPSA) is 67.6 Å². The molecule has 1 heterocycles. The summed E-state index contributed by atoms with van der Waals surface area (Å²) in [7, 11) is 0. The van der Waals surface area contributed by atoms with Crippen LogP contribution in [0.15, 0.2) is 12.1 Å². The summed E-state index contributed by atoms with van der Waals surface area (Å²) in [6.45, 7) is 3.15. The molecule has 106 valence electrons. The van der Waals surface area contributed by atoms with Crippen LogP contribution in [0.5, 0.6) is 0 Å². The number of hydroxylamine groups is 2. The number of nitrogens with one attached hydrogen (secondary N) is 1. The average Bonchev–Trinajstić information content (AvgIpc) is 2.29. The number of carbonyl (C=O) groups excluding carboxylic acids is 1. The van der Waals surface area contributed by atoms with Crippen LogP contribution in [0, 0.1) is 0 Å². The van der Waals surface area contributed by atoms with Gasteiger partial charge in [0.1, 0.15) is 0 Å². The largest absolute Gasteiger partial charge is 0.364 e. The first-order valence-electron chi connectivity index (χ1n) is 5.38. The molecule has 0 saturated carbocycles. The highest BCUT2D eigenvalue weighted by atomic mass is 35.5. The Morgan fingerprint density at radius 2 is 2.11 bits per heavy atom. The molecule has 0 amide bonds. The normalized spacial score (nSPS) is 21.9. The molecule has 0 fully saturated rings. The van der Waals surface area contributed by atoms with Crippen LogP contribution in [0.3, 0.4) is 0 Å². The van der Waals surface area contributed by atoms with Crippen molar-refractivity contribution in [2.45, 2.75) is 26.2 Å². The van der Waals surface area contributed by atoms with Gasteiger partial charge in [0.05, 0.1) is 16.1 Å². The van der Waals surface area contributed by atoms with E-state index in [4.69, 9.17) is 33.8 Å². The van der Waals surface area contributed by atoms with Crippen LogP contribution in [0.1, 0.15) is 25.5 Å². The summed E-state index contributed by atoms with van der Waals surface area (Å²) in [5.74, 6) is -0.444. The number of hydrogen-bond donors (Lipinski definition) is 2. The molecule has 0 bridgehead atoms. The Balaban J connectivity index is 0.00000180. The number of benzene rings is 1. The third-order valence-electron chi connectivity index (χ3n) is 2.74. The zero-order valence-electron chi connectivity index (χ0n) is 10.3. The lowest BCUT2D eigenvalue weighted by Crippen LogP contribution is -2.52. The lowest BCUT2D eigenvalue weighted by molar-refractivity contribution is -0.211. The Hall–Kier alpha value is -0.720. The smallest absolute Gasteiger partial charge is 0.322 e. The van der Waals surface area contributed by atoms with E-state index < -0.39 is 12.3 Å². The van der Waals surface area contributed by atoms with Crippen molar-refractivity contribution in [2.75, 3.05) is 5.32 Å². The van der Waals surface area contributed by atoms with Crippen molar-refractivity contribution in [3.63, 3.8) is 0 Å². The van der Waals surface area contributed by atoms with Crippen LogP contribution in [0.25, 0.3) is 0 Å². The Bertz CT molecular complexity index is 498. The molecule has 19 heavy (non-hydrogen) atoms. The highest BCUT2D eigenvalue weighted by Gasteiger charge is 2.34. The summed E-state index contributed by atoms with van der Waals surface area (Å²) in [4.78, 5) is 16.1. The van der Waals surface area contributed by atoms with Crippen molar-refractivity contribution in [1.29, 1.82) is 0 Å². The first-order chi connectivity index (χ1) is 8.41. The molecule has 2 atom stereocenters. The number of carbonyl (C=O) groups is 1. The molecule has 1 aliphatic rings. The van der Waals surface area contributed by atoms with E-state index in [1.165, 1.54) is 12.0 Å².